The third kappa shape index (κ3) is 6.22. The van der Waals surface area contributed by atoms with Crippen molar-refractivity contribution in [2.24, 2.45) is 5.92 Å². The summed E-state index contributed by atoms with van der Waals surface area (Å²) in [7, 11) is 0. The van der Waals surface area contributed by atoms with E-state index in [4.69, 9.17) is 14.1 Å². The van der Waals surface area contributed by atoms with Gasteiger partial charge in [0.2, 0.25) is 5.89 Å². The zero-order valence-corrected chi connectivity index (χ0v) is 24.0. The SMILES string of the molecule is CC(C)Cc1coc(-c2[nH]c(C(=O)N3CCN(C(=O)OC(C)(C)C)CC3)cc2Cc2cccc3ccccc23)n1. The number of nitrogens with one attached hydrogen (secondary N) is 1. The summed E-state index contributed by atoms with van der Waals surface area (Å²) >= 11 is 0. The van der Waals surface area contributed by atoms with Crippen LogP contribution in [0.3, 0.4) is 0 Å². The first-order chi connectivity index (χ1) is 19.1. The van der Waals surface area contributed by atoms with Crippen molar-refractivity contribution in [1.29, 1.82) is 0 Å². The molecule has 1 aliphatic heterocycles. The molecule has 8 heteroatoms. The van der Waals surface area contributed by atoms with Crippen LogP contribution in [0.5, 0.6) is 0 Å². The quantitative estimate of drug-likeness (QED) is 0.309. The van der Waals surface area contributed by atoms with E-state index >= 15 is 0 Å². The number of carbonyl (C=O) groups excluding carboxylic acids is 2. The van der Waals surface area contributed by atoms with Crippen LogP contribution in [0.4, 0.5) is 4.79 Å². The zero-order valence-electron chi connectivity index (χ0n) is 24.0. The highest BCUT2D eigenvalue weighted by Crippen LogP contribution is 2.29. The van der Waals surface area contributed by atoms with E-state index in [0.29, 0.717) is 50.1 Å². The van der Waals surface area contributed by atoms with E-state index in [0.717, 1.165) is 28.9 Å². The standard InChI is InChI=1S/C32H38N4O4/c1-21(2)17-25-20-39-29(33-25)28-24(18-23-11-8-10-22-9-6-7-12-26(22)23)19-27(34-28)30(37)35-13-15-36(16-14-35)31(38)40-32(3,4)5/h6-12,19-21,34H,13-18H2,1-5H3. The number of rotatable bonds is 6. The number of H-pyrrole nitrogens is 1. The second kappa shape index (κ2) is 11.2. The van der Waals surface area contributed by atoms with Crippen LogP contribution < -0.4 is 0 Å². The molecule has 210 valence electrons. The monoisotopic (exact) mass is 542 g/mol. The van der Waals surface area contributed by atoms with Gasteiger partial charge in [-0.2, -0.15) is 0 Å². The first-order valence-corrected chi connectivity index (χ1v) is 14.0. The normalized spacial score (nSPS) is 14.2. The number of hydrogen-bond acceptors (Lipinski definition) is 5. The van der Waals surface area contributed by atoms with Crippen LogP contribution in [-0.2, 0) is 17.6 Å². The van der Waals surface area contributed by atoms with Gasteiger partial charge in [0.05, 0.1) is 5.69 Å². The first kappa shape index (κ1) is 27.5. The molecule has 2 amide bonds. The second-order valence-corrected chi connectivity index (χ2v) is 11.9. The van der Waals surface area contributed by atoms with Gasteiger partial charge < -0.3 is 23.9 Å². The highest BCUT2D eigenvalue weighted by molar-refractivity contribution is 5.94. The fourth-order valence-corrected chi connectivity index (χ4v) is 5.12. The van der Waals surface area contributed by atoms with E-state index in [1.54, 1.807) is 16.1 Å². The fourth-order valence-electron chi connectivity index (χ4n) is 5.12. The molecule has 4 aromatic rings. The molecular weight excluding hydrogens is 504 g/mol. The predicted molar refractivity (Wildman–Crippen MR) is 155 cm³/mol. The number of carbonyl (C=O) groups is 2. The minimum Gasteiger partial charge on any atom is -0.444 e. The molecule has 40 heavy (non-hydrogen) atoms. The lowest BCUT2D eigenvalue weighted by atomic mass is 9.98. The smallest absolute Gasteiger partial charge is 0.410 e. The van der Waals surface area contributed by atoms with Gasteiger partial charge >= 0.3 is 6.09 Å². The summed E-state index contributed by atoms with van der Waals surface area (Å²) in [5.41, 5.74) is 3.66. The maximum atomic E-state index is 13.6. The number of hydrogen-bond donors (Lipinski definition) is 1. The molecule has 1 fully saturated rings. The number of ether oxygens (including phenoxy) is 1. The summed E-state index contributed by atoms with van der Waals surface area (Å²) in [6.45, 7) is 11.6. The number of piperazine rings is 1. The van der Waals surface area contributed by atoms with E-state index in [2.05, 4.69) is 49.2 Å². The second-order valence-electron chi connectivity index (χ2n) is 11.9. The number of amides is 2. The van der Waals surface area contributed by atoms with Crippen molar-refractivity contribution < 1.29 is 18.7 Å². The Morgan fingerprint density at radius 2 is 1.70 bits per heavy atom. The molecule has 2 aromatic heterocycles. The van der Waals surface area contributed by atoms with Crippen LogP contribution in [-0.4, -0.2) is 63.5 Å². The van der Waals surface area contributed by atoms with Gasteiger partial charge in [0.15, 0.2) is 0 Å². The number of aromatic amines is 1. The molecule has 1 saturated heterocycles. The van der Waals surface area contributed by atoms with E-state index in [9.17, 15) is 9.59 Å². The molecule has 5 rings (SSSR count). The van der Waals surface area contributed by atoms with E-state index in [1.165, 1.54) is 10.8 Å². The third-order valence-electron chi connectivity index (χ3n) is 6.99. The summed E-state index contributed by atoms with van der Waals surface area (Å²) in [6.07, 6.45) is 2.79. The topological polar surface area (TPSA) is 91.7 Å². The predicted octanol–water partition coefficient (Wildman–Crippen LogP) is 6.31. The highest BCUT2D eigenvalue weighted by Gasteiger charge is 2.29. The molecule has 2 aromatic carbocycles. The van der Waals surface area contributed by atoms with Crippen LogP contribution >= 0.6 is 0 Å². The van der Waals surface area contributed by atoms with Crippen LogP contribution in [0.1, 0.15) is 61.9 Å². The summed E-state index contributed by atoms with van der Waals surface area (Å²) in [4.78, 5) is 37.6. The van der Waals surface area contributed by atoms with Crippen molar-refractivity contribution in [3.63, 3.8) is 0 Å². The largest absolute Gasteiger partial charge is 0.444 e. The summed E-state index contributed by atoms with van der Waals surface area (Å²) in [6, 6.07) is 16.5. The maximum Gasteiger partial charge on any atom is 0.410 e. The molecule has 1 N–H and O–H groups in total. The third-order valence-corrected chi connectivity index (χ3v) is 6.99. The van der Waals surface area contributed by atoms with Gasteiger partial charge in [-0.3, -0.25) is 4.79 Å². The van der Waals surface area contributed by atoms with Gasteiger partial charge in [-0.25, -0.2) is 9.78 Å². The molecule has 0 saturated carbocycles. The zero-order chi connectivity index (χ0) is 28.4. The Bertz CT molecular complexity index is 1500. The molecule has 0 atom stereocenters. The van der Waals surface area contributed by atoms with Crippen LogP contribution in [0.25, 0.3) is 22.4 Å². The van der Waals surface area contributed by atoms with Gasteiger partial charge in [0.25, 0.3) is 5.91 Å². The number of benzene rings is 2. The Morgan fingerprint density at radius 1 is 1.00 bits per heavy atom. The first-order valence-electron chi connectivity index (χ1n) is 14.0. The van der Waals surface area contributed by atoms with Crippen molar-refractivity contribution in [3.8, 4) is 11.6 Å². The number of aromatic nitrogens is 2. The average Bonchev–Trinajstić information content (AvgIpc) is 3.54. The lowest BCUT2D eigenvalue weighted by Gasteiger charge is -2.35. The van der Waals surface area contributed by atoms with Gasteiger partial charge in [-0.05, 0) is 61.1 Å². The van der Waals surface area contributed by atoms with Crippen molar-refractivity contribution in [1.82, 2.24) is 19.8 Å². The molecule has 1 aliphatic rings. The van der Waals surface area contributed by atoms with Crippen molar-refractivity contribution >= 4 is 22.8 Å². The number of oxazole rings is 1. The molecule has 0 bridgehead atoms. The molecule has 0 aliphatic carbocycles. The van der Waals surface area contributed by atoms with Gasteiger partial charge in [0, 0.05) is 32.6 Å². The van der Waals surface area contributed by atoms with E-state index < -0.39 is 5.60 Å². The Balaban J connectivity index is 1.41. The van der Waals surface area contributed by atoms with Gasteiger partial charge in [0.1, 0.15) is 23.3 Å². The molecule has 0 spiro atoms. The van der Waals surface area contributed by atoms with Gasteiger partial charge in [-0.1, -0.05) is 56.3 Å². The Morgan fingerprint density at radius 3 is 2.42 bits per heavy atom. The van der Waals surface area contributed by atoms with E-state index in [1.807, 2.05) is 39.0 Å². The van der Waals surface area contributed by atoms with Crippen molar-refractivity contribution in [3.05, 3.63) is 77.3 Å². The van der Waals surface area contributed by atoms with Crippen molar-refractivity contribution in [2.45, 2.75) is 53.1 Å². The maximum absolute atomic E-state index is 13.6. The van der Waals surface area contributed by atoms with Crippen LogP contribution in [0.2, 0.25) is 0 Å². The number of fused-ring (bicyclic) bond motifs is 1. The van der Waals surface area contributed by atoms with Gasteiger partial charge in [-0.15, -0.1) is 0 Å². The Kier molecular flexibility index (Phi) is 7.70. The summed E-state index contributed by atoms with van der Waals surface area (Å²) in [5, 5.41) is 2.35. The molecular formula is C32H38N4O4. The highest BCUT2D eigenvalue weighted by atomic mass is 16.6. The van der Waals surface area contributed by atoms with Crippen LogP contribution in [0, 0.1) is 5.92 Å². The minimum atomic E-state index is -0.555. The summed E-state index contributed by atoms with van der Waals surface area (Å²) < 4.78 is 11.4. The number of nitrogens with zero attached hydrogens (tertiary/aromatic N) is 3. The molecule has 0 radical (unpaired) electrons. The fraction of sp³-hybridized carbons (Fsp3) is 0.406. The Hall–Kier alpha value is -4.07. The van der Waals surface area contributed by atoms with Crippen molar-refractivity contribution in [2.75, 3.05) is 26.2 Å². The van der Waals surface area contributed by atoms with E-state index in [-0.39, 0.29) is 12.0 Å². The molecule has 3 heterocycles. The average molecular weight is 543 g/mol. The lowest BCUT2D eigenvalue weighted by molar-refractivity contribution is 0.0140. The molecule has 0 unspecified atom stereocenters. The lowest BCUT2D eigenvalue weighted by Crippen LogP contribution is -2.51. The Labute approximate surface area is 235 Å². The molecule has 8 nitrogen and oxygen atoms in total. The van der Waals surface area contributed by atoms with Crippen LogP contribution in [0.15, 0.2) is 59.2 Å². The summed E-state index contributed by atoms with van der Waals surface area (Å²) in [5.74, 6) is 0.830. The minimum absolute atomic E-state index is 0.108.